The van der Waals surface area contributed by atoms with E-state index in [-0.39, 0.29) is 0 Å². The minimum Gasteiger partial charge on any atom is -0.313 e. The normalized spacial score (nSPS) is 27.8. The largest absolute Gasteiger partial charge is 0.313 e. The van der Waals surface area contributed by atoms with E-state index in [9.17, 15) is 0 Å². The highest BCUT2D eigenvalue weighted by Crippen LogP contribution is 2.56. The van der Waals surface area contributed by atoms with Crippen LogP contribution >= 0.6 is 0 Å². The summed E-state index contributed by atoms with van der Waals surface area (Å²) in [6, 6.07) is 18.9. The first-order chi connectivity index (χ1) is 13.2. The lowest BCUT2D eigenvalue weighted by atomic mass is 9.95. The molecule has 27 heavy (non-hydrogen) atoms. The second-order valence-electron chi connectivity index (χ2n) is 9.18. The predicted molar refractivity (Wildman–Crippen MR) is 112 cm³/mol. The quantitative estimate of drug-likeness (QED) is 0.847. The number of likely N-dealkylation sites (tertiary alicyclic amines) is 1. The van der Waals surface area contributed by atoms with Crippen LogP contribution in [0.5, 0.6) is 0 Å². The highest BCUT2D eigenvalue weighted by atomic mass is 15.1. The molecule has 3 aliphatic rings. The van der Waals surface area contributed by atoms with E-state index in [0.717, 1.165) is 18.5 Å². The van der Waals surface area contributed by atoms with E-state index in [2.05, 4.69) is 65.7 Å². The van der Waals surface area contributed by atoms with Crippen LogP contribution in [0.4, 0.5) is 0 Å². The van der Waals surface area contributed by atoms with Gasteiger partial charge in [-0.25, -0.2) is 0 Å². The Balaban J connectivity index is 1.08. The van der Waals surface area contributed by atoms with Crippen LogP contribution in [0.15, 0.2) is 48.5 Å². The van der Waals surface area contributed by atoms with Crippen molar-refractivity contribution in [1.29, 1.82) is 0 Å². The first-order valence-corrected chi connectivity index (χ1v) is 10.8. The molecule has 142 valence electrons. The van der Waals surface area contributed by atoms with Crippen LogP contribution in [-0.2, 0) is 18.4 Å². The fraction of sp³-hybridized carbons (Fsp3) is 0.520. The number of fused-ring (bicyclic) bond motifs is 2. The van der Waals surface area contributed by atoms with Gasteiger partial charge in [0.25, 0.3) is 0 Å². The van der Waals surface area contributed by atoms with Crippen LogP contribution in [0.1, 0.15) is 47.9 Å². The van der Waals surface area contributed by atoms with Crippen LogP contribution in [0, 0.1) is 12.8 Å². The Morgan fingerprint density at radius 3 is 2.63 bits per heavy atom. The lowest BCUT2D eigenvalue weighted by molar-refractivity contribution is 0.175. The van der Waals surface area contributed by atoms with E-state index >= 15 is 0 Å². The van der Waals surface area contributed by atoms with Crippen LogP contribution < -0.4 is 5.32 Å². The van der Waals surface area contributed by atoms with Crippen molar-refractivity contribution in [3.05, 3.63) is 70.8 Å². The minimum absolute atomic E-state index is 0.489. The van der Waals surface area contributed by atoms with Crippen molar-refractivity contribution in [2.24, 2.45) is 5.92 Å². The maximum Gasteiger partial charge on any atom is 0.0233 e. The molecular formula is C25H32N2. The molecule has 2 fully saturated rings. The van der Waals surface area contributed by atoms with Gasteiger partial charge in [-0.05, 0) is 81.3 Å². The first kappa shape index (κ1) is 17.5. The van der Waals surface area contributed by atoms with Crippen molar-refractivity contribution in [2.75, 3.05) is 19.6 Å². The number of nitrogens with one attached hydrogen (secondary N) is 1. The van der Waals surface area contributed by atoms with Crippen LogP contribution in [0.25, 0.3) is 0 Å². The summed E-state index contributed by atoms with van der Waals surface area (Å²) in [6.45, 7) is 6.99. The standard InChI is InChI=1S/C25H32N2/c1-19-6-8-21(9-7-19)18-27-14-11-20(12-15-27)17-26-24-16-25(24)13-10-22-4-2-3-5-23(22)25/h2-9,20,24,26H,10-18H2,1H3. The number of piperidine rings is 1. The summed E-state index contributed by atoms with van der Waals surface area (Å²) in [6.07, 6.45) is 6.69. The van der Waals surface area contributed by atoms with Crippen molar-refractivity contribution in [1.82, 2.24) is 10.2 Å². The molecule has 2 atom stereocenters. The molecule has 1 heterocycles. The lowest BCUT2D eigenvalue weighted by Crippen LogP contribution is -2.38. The number of hydrogen-bond donors (Lipinski definition) is 1. The van der Waals surface area contributed by atoms with E-state index in [0.29, 0.717) is 5.41 Å². The molecule has 1 saturated heterocycles. The lowest BCUT2D eigenvalue weighted by Gasteiger charge is -2.32. The summed E-state index contributed by atoms with van der Waals surface area (Å²) in [5, 5.41) is 3.95. The number of nitrogens with zero attached hydrogens (tertiary/aromatic N) is 1. The van der Waals surface area contributed by atoms with Gasteiger partial charge in [-0.1, -0.05) is 54.1 Å². The molecule has 0 bridgehead atoms. The van der Waals surface area contributed by atoms with Crippen molar-refractivity contribution in [3.8, 4) is 0 Å². The van der Waals surface area contributed by atoms with E-state index in [1.54, 1.807) is 11.1 Å². The zero-order valence-electron chi connectivity index (χ0n) is 16.6. The zero-order chi connectivity index (χ0) is 18.3. The van der Waals surface area contributed by atoms with E-state index in [1.807, 2.05) is 0 Å². The molecule has 2 heteroatoms. The predicted octanol–water partition coefficient (Wildman–Crippen LogP) is 4.45. The van der Waals surface area contributed by atoms with Gasteiger partial charge >= 0.3 is 0 Å². The molecule has 2 aliphatic carbocycles. The van der Waals surface area contributed by atoms with Crippen molar-refractivity contribution in [3.63, 3.8) is 0 Å². The van der Waals surface area contributed by atoms with Crippen molar-refractivity contribution < 1.29 is 0 Å². The summed E-state index contributed by atoms with van der Waals surface area (Å²) in [4.78, 5) is 2.63. The number of aryl methyl sites for hydroxylation is 2. The zero-order valence-corrected chi connectivity index (χ0v) is 16.6. The highest BCUT2D eigenvalue weighted by molar-refractivity contribution is 5.46. The third kappa shape index (κ3) is 3.46. The smallest absolute Gasteiger partial charge is 0.0233 e. The van der Waals surface area contributed by atoms with Crippen LogP contribution in [0.2, 0.25) is 0 Å². The molecule has 2 unspecified atom stereocenters. The number of rotatable bonds is 5. The van der Waals surface area contributed by atoms with Gasteiger partial charge in [-0.2, -0.15) is 0 Å². The first-order valence-electron chi connectivity index (χ1n) is 10.8. The SMILES string of the molecule is Cc1ccc(CN2CCC(CNC3CC34CCc3ccccc34)CC2)cc1. The molecular weight excluding hydrogens is 328 g/mol. The Morgan fingerprint density at radius 1 is 1.04 bits per heavy atom. The molecule has 1 saturated carbocycles. The van der Waals surface area contributed by atoms with Gasteiger partial charge in [0.05, 0.1) is 0 Å². The monoisotopic (exact) mass is 360 g/mol. The second-order valence-corrected chi connectivity index (χ2v) is 9.18. The van der Waals surface area contributed by atoms with Crippen LogP contribution in [-0.4, -0.2) is 30.6 Å². The molecule has 0 radical (unpaired) electrons. The average Bonchev–Trinajstić information content (AvgIpc) is 3.29. The van der Waals surface area contributed by atoms with Gasteiger partial charge in [-0.15, -0.1) is 0 Å². The third-order valence-electron chi connectivity index (χ3n) is 7.36. The Hall–Kier alpha value is -1.64. The summed E-state index contributed by atoms with van der Waals surface area (Å²) in [5.41, 5.74) is 6.55. The summed E-state index contributed by atoms with van der Waals surface area (Å²) in [5.74, 6) is 0.855. The molecule has 2 nitrogen and oxygen atoms in total. The Labute approximate surface area is 164 Å². The highest BCUT2D eigenvalue weighted by Gasteiger charge is 2.57. The summed E-state index contributed by atoms with van der Waals surface area (Å²) < 4.78 is 0. The molecule has 0 aromatic heterocycles. The van der Waals surface area contributed by atoms with Gasteiger partial charge < -0.3 is 5.32 Å². The van der Waals surface area contributed by atoms with E-state index in [4.69, 9.17) is 0 Å². The Morgan fingerprint density at radius 2 is 1.81 bits per heavy atom. The van der Waals surface area contributed by atoms with Gasteiger partial charge in [-0.3, -0.25) is 4.90 Å². The molecule has 1 aliphatic heterocycles. The maximum atomic E-state index is 3.95. The van der Waals surface area contributed by atoms with Crippen molar-refractivity contribution >= 4 is 0 Å². The summed E-state index contributed by atoms with van der Waals surface area (Å²) in [7, 11) is 0. The fourth-order valence-electron chi connectivity index (χ4n) is 5.47. The minimum atomic E-state index is 0.489. The molecule has 0 amide bonds. The number of hydrogen-bond acceptors (Lipinski definition) is 2. The average molecular weight is 361 g/mol. The maximum absolute atomic E-state index is 3.95. The molecule has 1 spiro atoms. The third-order valence-corrected chi connectivity index (χ3v) is 7.36. The van der Waals surface area contributed by atoms with E-state index in [1.165, 1.54) is 62.9 Å². The Bertz CT molecular complexity index is 788. The molecule has 5 rings (SSSR count). The molecule has 2 aromatic rings. The van der Waals surface area contributed by atoms with Gasteiger partial charge in [0.15, 0.2) is 0 Å². The fourth-order valence-corrected chi connectivity index (χ4v) is 5.47. The van der Waals surface area contributed by atoms with E-state index < -0.39 is 0 Å². The number of benzene rings is 2. The molecule has 2 aromatic carbocycles. The van der Waals surface area contributed by atoms with Crippen molar-refractivity contribution in [2.45, 2.75) is 57.0 Å². The van der Waals surface area contributed by atoms with Crippen LogP contribution in [0.3, 0.4) is 0 Å². The van der Waals surface area contributed by atoms with Gasteiger partial charge in [0, 0.05) is 18.0 Å². The van der Waals surface area contributed by atoms with Gasteiger partial charge in [0.2, 0.25) is 0 Å². The second kappa shape index (κ2) is 7.07. The Kier molecular flexibility index (Phi) is 4.57. The summed E-state index contributed by atoms with van der Waals surface area (Å²) >= 11 is 0. The topological polar surface area (TPSA) is 15.3 Å². The van der Waals surface area contributed by atoms with Gasteiger partial charge in [0.1, 0.15) is 0 Å². The molecule has 1 N–H and O–H groups in total.